The van der Waals surface area contributed by atoms with E-state index < -0.39 is 29.8 Å². The largest absolute Gasteiger partial charge is 0.494 e. The topological polar surface area (TPSA) is 153 Å². The van der Waals surface area contributed by atoms with Crippen molar-refractivity contribution in [1.82, 2.24) is 5.32 Å². The Morgan fingerprint density at radius 1 is 0.784 bits per heavy atom. The van der Waals surface area contributed by atoms with Crippen LogP contribution in [0.3, 0.4) is 0 Å². The molecule has 1 atom stereocenters. The molecule has 0 radical (unpaired) electrons. The number of esters is 1. The molecule has 2 amide bonds. The summed E-state index contributed by atoms with van der Waals surface area (Å²) < 4.78 is 22.4. The van der Waals surface area contributed by atoms with Gasteiger partial charge in [-0.1, -0.05) is 56.9 Å². The van der Waals surface area contributed by atoms with Crippen LogP contribution < -0.4 is 24.8 Å². The lowest BCUT2D eigenvalue weighted by Crippen LogP contribution is -2.42. The number of aliphatic carboxylic acids is 1. The Morgan fingerprint density at radius 2 is 1.51 bits per heavy atom. The van der Waals surface area contributed by atoms with Crippen molar-refractivity contribution >= 4 is 40.4 Å². The minimum absolute atomic E-state index is 0.0721. The fourth-order valence-electron chi connectivity index (χ4n) is 5.33. The Morgan fingerprint density at radius 3 is 2.22 bits per heavy atom. The van der Waals surface area contributed by atoms with Gasteiger partial charge in [0, 0.05) is 23.1 Å². The molecule has 0 aliphatic carbocycles. The highest BCUT2D eigenvalue weighted by atomic mass is 16.6. The average molecular weight is 693 g/mol. The van der Waals surface area contributed by atoms with Crippen LogP contribution in [0.25, 0.3) is 11.0 Å². The van der Waals surface area contributed by atoms with E-state index in [0.29, 0.717) is 34.8 Å². The Balaban J connectivity index is 1.14. The lowest BCUT2D eigenvalue weighted by molar-refractivity contribution is -0.139. The molecule has 1 heterocycles. The molecule has 264 valence electrons. The van der Waals surface area contributed by atoms with Gasteiger partial charge >= 0.3 is 11.9 Å². The molecule has 5 rings (SSSR count). The summed E-state index contributed by atoms with van der Waals surface area (Å²) in [6.07, 6.45) is 5.62. The second kappa shape index (κ2) is 17.5. The summed E-state index contributed by atoms with van der Waals surface area (Å²) in [6, 6.07) is 25.0. The highest BCUT2D eigenvalue weighted by Crippen LogP contribution is 2.30. The molecule has 11 nitrogen and oxygen atoms in total. The molecule has 4 aromatic carbocycles. The van der Waals surface area contributed by atoms with Crippen LogP contribution in [-0.4, -0.2) is 48.6 Å². The average Bonchev–Trinajstić information content (AvgIpc) is 3.59. The first kappa shape index (κ1) is 36.2. The molecule has 0 aliphatic heterocycles. The van der Waals surface area contributed by atoms with Gasteiger partial charge < -0.3 is 34.4 Å². The van der Waals surface area contributed by atoms with Gasteiger partial charge in [-0.15, -0.1) is 0 Å². The number of carboxylic acid groups (broad SMARTS) is 1. The van der Waals surface area contributed by atoms with Crippen LogP contribution in [0.1, 0.15) is 75.9 Å². The minimum Gasteiger partial charge on any atom is -0.494 e. The third-order valence-corrected chi connectivity index (χ3v) is 8.13. The molecule has 0 bridgehead atoms. The van der Waals surface area contributed by atoms with Gasteiger partial charge in [-0.05, 0) is 84.8 Å². The fourth-order valence-corrected chi connectivity index (χ4v) is 5.33. The summed E-state index contributed by atoms with van der Waals surface area (Å²) >= 11 is 0. The molecule has 51 heavy (non-hydrogen) atoms. The van der Waals surface area contributed by atoms with Crippen LogP contribution in [0, 0.1) is 0 Å². The number of methoxy groups -OCH3 is 1. The maximum Gasteiger partial charge on any atom is 0.343 e. The highest BCUT2D eigenvalue weighted by molar-refractivity contribution is 6.05. The molecule has 0 saturated carbocycles. The van der Waals surface area contributed by atoms with Gasteiger partial charge in [-0.25, -0.2) is 9.59 Å². The van der Waals surface area contributed by atoms with Crippen LogP contribution >= 0.6 is 0 Å². The van der Waals surface area contributed by atoms with Crippen molar-refractivity contribution in [3.8, 4) is 17.2 Å². The predicted molar refractivity (Wildman–Crippen MR) is 192 cm³/mol. The number of anilines is 1. The molecule has 1 unspecified atom stereocenters. The number of hydrogen-bond acceptors (Lipinski definition) is 8. The number of hydrogen-bond donors (Lipinski definition) is 3. The molecular weight excluding hydrogens is 652 g/mol. The lowest BCUT2D eigenvalue weighted by atomic mass is 10.0. The van der Waals surface area contributed by atoms with Gasteiger partial charge in [0.1, 0.15) is 17.4 Å². The number of amides is 2. The minimum atomic E-state index is -1.28. The number of para-hydroxylation sites is 1. The number of fused-ring (bicyclic) bond motifs is 1. The van der Waals surface area contributed by atoms with Gasteiger partial charge in [-0.3, -0.25) is 9.59 Å². The molecule has 0 spiro atoms. The van der Waals surface area contributed by atoms with E-state index in [0.717, 1.165) is 18.2 Å². The number of furan rings is 1. The molecule has 11 heteroatoms. The van der Waals surface area contributed by atoms with E-state index in [1.165, 1.54) is 56.7 Å². The molecule has 1 aromatic heterocycles. The molecule has 5 aromatic rings. The summed E-state index contributed by atoms with van der Waals surface area (Å²) in [4.78, 5) is 50.6. The molecule has 0 saturated heterocycles. The van der Waals surface area contributed by atoms with Crippen LogP contribution in [0.15, 0.2) is 101 Å². The Labute approximate surface area is 295 Å². The summed E-state index contributed by atoms with van der Waals surface area (Å²) in [7, 11) is 1.41. The van der Waals surface area contributed by atoms with Crippen molar-refractivity contribution in [3.05, 3.63) is 120 Å². The Kier molecular flexibility index (Phi) is 12.4. The van der Waals surface area contributed by atoms with E-state index in [1.807, 2.05) is 18.2 Å². The number of ether oxygens (including phenoxy) is 3. The quantitative estimate of drug-likeness (QED) is 0.0506. The SMILES string of the molecule is CCCCCCCOc1ccc(C(=O)Oc2ccc(CC(NC(=O)c3ccc(NC(=O)c4cc5ccccc5o4)cc3)C(=O)O)cc2OC)cc1. The molecule has 0 aliphatic rings. The summed E-state index contributed by atoms with van der Waals surface area (Å²) in [5.41, 5.74) is 2.07. The van der Waals surface area contributed by atoms with Crippen LogP contribution in [0.5, 0.6) is 17.2 Å². The second-order valence-corrected chi connectivity index (χ2v) is 11.9. The van der Waals surface area contributed by atoms with Crippen molar-refractivity contribution < 1.29 is 42.9 Å². The lowest BCUT2D eigenvalue weighted by Gasteiger charge is -2.16. The fraction of sp³-hybridized carbons (Fsp3) is 0.250. The van der Waals surface area contributed by atoms with E-state index in [9.17, 15) is 24.3 Å². The number of unbranched alkanes of at least 4 members (excludes halogenated alkanes) is 4. The number of nitrogens with one attached hydrogen (secondary N) is 2. The number of carbonyl (C=O) groups excluding carboxylic acids is 3. The highest BCUT2D eigenvalue weighted by Gasteiger charge is 2.23. The standard InChI is InChI=1S/C40H40N2O9/c1-3-4-5-6-9-22-49-31-19-15-28(16-20-31)40(47)51-34-21-12-26(24-35(34)48-2)23-32(39(45)46)42-37(43)27-13-17-30(18-14-27)41-38(44)36-25-29-10-7-8-11-33(29)50-36/h7-8,10-21,24-25,32H,3-6,9,22-23H2,1-2H3,(H,41,44)(H,42,43)(H,45,46). The first-order valence-electron chi connectivity index (χ1n) is 16.8. The Bertz CT molecular complexity index is 1930. The number of carbonyl (C=O) groups is 4. The van der Waals surface area contributed by atoms with Gasteiger partial charge in [0.05, 0.1) is 19.3 Å². The zero-order valence-electron chi connectivity index (χ0n) is 28.5. The zero-order valence-corrected chi connectivity index (χ0v) is 28.5. The molecule has 3 N–H and O–H groups in total. The second-order valence-electron chi connectivity index (χ2n) is 11.9. The van der Waals surface area contributed by atoms with Crippen molar-refractivity contribution in [3.63, 3.8) is 0 Å². The number of rotatable bonds is 17. The van der Waals surface area contributed by atoms with Crippen LogP contribution in [-0.2, 0) is 11.2 Å². The molecular formula is C40H40N2O9. The first-order chi connectivity index (χ1) is 24.7. The number of benzene rings is 4. The van der Waals surface area contributed by atoms with Gasteiger partial charge in [-0.2, -0.15) is 0 Å². The van der Waals surface area contributed by atoms with Crippen LogP contribution in [0.2, 0.25) is 0 Å². The van der Waals surface area contributed by atoms with Gasteiger partial charge in [0.15, 0.2) is 17.3 Å². The van der Waals surface area contributed by atoms with Crippen molar-refractivity contribution in [2.75, 3.05) is 19.0 Å². The third kappa shape index (κ3) is 9.98. The zero-order chi connectivity index (χ0) is 36.2. The van der Waals surface area contributed by atoms with E-state index in [2.05, 4.69) is 17.6 Å². The summed E-state index contributed by atoms with van der Waals surface area (Å²) in [6.45, 7) is 2.79. The van der Waals surface area contributed by atoms with E-state index in [-0.39, 0.29) is 29.2 Å². The van der Waals surface area contributed by atoms with Gasteiger partial charge in [0.25, 0.3) is 11.8 Å². The first-order valence-corrected chi connectivity index (χ1v) is 16.8. The van der Waals surface area contributed by atoms with Crippen molar-refractivity contribution in [2.24, 2.45) is 0 Å². The predicted octanol–water partition coefficient (Wildman–Crippen LogP) is 7.69. The maximum atomic E-state index is 13.0. The van der Waals surface area contributed by atoms with E-state index >= 15 is 0 Å². The number of carboxylic acids is 1. The van der Waals surface area contributed by atoms with Crippen molar-refractivity contribution in [2.45, 2.75) is 51.5 Å². The maximum absolute atomic E-state index is 13.0. The summed E-state index contributed by atoms with van der Waals surface area (Å²) in [5.74, 6) is -1.71. The third-order valence-electron chi connectivity index (χ3n) is 8.13. The molecule has 0 fully saturated rings. The smallest absolute Gasteiger partial charge is 0.343 e. The monoisotopic (exact) mass is 692 g/mol. The van der Waals surface area contributed by atoms with Gasteiger partial charge in [0.2, 0.25) is 0 Å². The normalized spacial score (nSPS) is 11.4. The van der Waals surface area contributed by atoms with E-state index in [4.69, 9.17) is 18.6 Å². The summed E-state index contributed by atoms with van der Waals surface area (Å²) in [5, 5.41) is 15.9. The van der Waals surface area contributed by atoms with Crippen LogP contribution in [0.4, 0.5) is 5.69 Å². The van der Waals surface area contributed by atoms with E-state index in [1.54, 1.807) is 48.5 Å². The Hall–Kier alpha value is -6.10. The van der Waals surface area contributed by atoms with Crippen molar-refractivity contribution in [1.29, 1.82) is 0 Å².